The second kappa shape index (κ2) is 14.9. The van der Waals surface area contributed by atoms with E-state index in [9.17, 15) is 4.79 Å². The van der Waals surface area contributed by atoms with Gasteiger partial charge in [0.2, 0.25) is 0 Å². The Morgan fingerprint density at radius 2 is 1.29 bits per heavy atom. The SMILES string of the molecule is CCCC(C)c1ccccc1.CCCC(CCC)C(=O)OCc1ccccc1. The van der Waals surface area contributed by atoms with Crippen LogP contribution in [0.4, 0.5) is 0 Å². The summed E-state index contributed by atoms with van der Waals surface area (Å²) in [5.41, 5.74) is 2.52. The van der Waals surface area contributed by atoms with Crippen molar-refractivity contribution in [2.75, 3.05) is 0 Å². The number of ether oxygens (including phenoxy) is 1. The van der Waals surface area contributed by atoms with Crippen molar-refractivity contribution in [2.24, 2.45) is 5.92 Å². The van der Waals surface area contributed by atoms with E-state index in [1.807, 2.05) is 30.3 Å². The lowest BCUT2D eigenvalue weighted by Gasteiger charge is -2.14. The van der Waals surface area contributed by atoms with Gasteiger partial charge in [-0.3, -0.25) is 4.79 Å². The number of carbonyl (C=O) groups excluding carboxylic acids is 1. The molecule has 2 aromatic carbocycles. The van der Waals surface area contributed by atoms with Gasteiger partial charge in [0.15, 0.2) is 0 Å². The number of hydrogen-bond acceptors (Lipinski definition) is 2. The maximum Gasteiger partial charge on any atom is 0.309 e. The van der Waals surface area contributed by atoms with Gasteiger partial charge in [0.05, 0.1) is 5.92 Å². The van der Waals surface area contributed by atoms with Gasteiger partial charge >= 0.3 is 5.97 Å². The summed E-state index contributed by atoms with van der Waals surface area (Å²) in [5, 5.41) is 0. The van der Waals surface area contributed by atoms with E-state index >= 15 is 0 Å². The zero-order valence-electron chi connectivity index (χ0n) is 18.2. The first-order valence-corrected chi connectivity index (χ1v) is 10.9. The molecule has 0 radical (unpaired) electrons. The van der Waals surface area contributed by atoms with E-state index in [4.69, 9.17) is 4.74 Å². The van der Waals surface area contributed by atoms with Crippen molar-refractivity contribution >= 4 is 5.97 Å². The maximum absolute atomic E-state index is 11.9. The first kappa shape index (κ1) is 23.9. The highest BCUT2D eigenvalue weighted by Crippen LogP contribution is 2.19. The summed E-state index contributed by atoms with van der Waals surface area (Å²) in [6.07, 6.45) is 6.50. The van der Waals surface area contributed by atoms with Crippen molar-refractivity contribution < 1.29 is 9.53 Å². The number of rotatable bonds is 10. The van der Waals surface area contributed by atoms with E-state index < -0.39 is 0 Å². The Labute approximate surface area is 172 Å². The standard InChI is InChI=1S/C15H22O2.C11H16/c1-3-8-14(9-4-2)15(16)17-12-13-10-6-5-7-11-13;1-3-7-10(2)11-8-5-4-6-9-11/h5-7,10-11,14H,3-4,8-9,12H2,1-2H3;4-6,8-10H,3,7H2,1-2H3. The number of benzene rings is 2. The summed E-state index contributed by atoms with van der Waals surface area (Å²) in [4.78, 5) is 11.9. The van der Waals surface area contributed by atoms with Crippen LogP contribution in [0.5, 0.6) is 0 Å². The molecule has 1 unspecified atom stereocenters. The van der Waals surface area contributed by atoms with E-state index in [2.05, 4.69) is 58.0 Å². The van der Waals surface area contributed by atoms with E-state index in [1.54, 1.807) is 0 Å². The average molecular weight is 383 g/mol. The first-order chi connectivity index (χ1) is 13.6. The van der Waals surface area contributed by atoms with Crippen LogP contribution in [0.25, 0.3) is 0 Å². The summed E-state index contributed by atoms with van der Waals surface area (Å²) >= 11 is 0. The third-order valence-corrected chi connectivity index (χ3v) is 4.92. The van der Waals surface area contributed by atoms with Gasteiger partial charge in [0, 0.05) is 0 Å². The maximum atomic E-state index is 11.9. The Morgan fingerprint density at radius 1 is 0.786 bits per heavy atom. The van der Waals surface area contributed by atoms with Crippen molar-refractivity contribution in [3.8, 4) is 0 Å². The van der Waals surface area contributed by atoms with Crippen LogP contribution in [0.1, 0.15) is 83.3 Å². The number of esters is 1. The Balaban J connectivity index is 0.000000307. The molecular weight excluding hydrogens is 344 g/mol. The van der Waals surface area contributed by atoms with Gasteiger partial charge in [0.1, 0.15) is 6.61 Å². The molecule has 0 aliphatic heterocycles. The second-order valence-electron chi connectivity index (χ2n) is 7.47. The molecule has 0 fully saturated rings. The van der Waals surface area contributed by atoms with Crippen molar-refractivity contribution in [1.29, 1.82) is 0 Å². The monoisotopic (exact) mass is 382 g/mol. The molecule has 0 aliphatic carbocycles. The fourth-order valence-electron chi connectivity index (χ4n) is 3.30. The van der Waals surface area contributed by atoms with Crippen molar-refractivity contribution in [2.45, 2.75) is 78.7 Å². The van der Waals surface area contributed by atoms with Crippen LogP contribution in [0.2, 0.25) is 0 Å². The topological polar surface area (TPSA) is 26.3 Å². The van der Waals surface area contributed by atoms with Crippen molar-refractivity contribution in [3.05, 3.63) is 71.8 Å². The van der Waals surface area contributed by atoms with Crippen LogP contribution >= 0.6 is 0 Å². The predicted octanol–water partition coefficient (Wildman–Crippen LogP) is 7.54. The van der Waals surface area contributed by atoms with E-state index in [0.717, 1.165) is 37.2 Å². The molecule has 0 spiro atoms. The minimum atomic E-state index is -0.0439. The Kier molecular flexibility index (Phi) is 12.7. The molecule has 0 amide bonds. The molecule has 0 saturated carbocycles. The molecule has 2 rings (SSSR count). The summed E-state index contributed by atoms with van der Waals surface area (Å²) in [6, 6.07) is 20.5. The fourth-order valence-corrected chi connectivity index (χ4v) is 3.30. The lowest BCUT2D eigenvalue weighted by molar-refractivity contribution is -0.150. The predicted molar refractivity (Wildman–Crippen MR) is 119 cm³/mol. The highest BCUT2D eigenvalue weighted by molar-refractivity contribution is 5.72. The normalized spacial score (nSPS) is 11.5. The zero-order chi connectivity index (χ0) is 20.6. The highest BCUT2D eigenvalue weighted by Gasteiger charge is 2.17. The van der Waals surface area contributed by atoms with E-state index in [0.29, 0.717) is 6.61 Å². The zero-order valence-corrected chi connectivity index (χ0v) is 18.2. The minimum absolute atomic E-state index is 0.0439. The van der Waals surface area contributed by atoms with Gasteiger partial charge in [-0.2, -0.15) is 0 Å². The molecule has 0 N–H and O–H groups in total. The largest absolute Gasteiger partial charge is 0.461 e. The van der Waals surface area contributed by atoms with Gasteiger partial charge in [-0.15, -0.1) is 0 Å². The highest BCUT2D eigenvalue weighted by atomic mass is 16.5. The van der Waals surface area contributed by atoms with Gasteiger partial charge < -0.3 is 4.74 Å². The average Bonchev–Trinajstić information content (AvgIpc) is 2.74. The van der Waals surface area contributed by atoms with Crippen molar-refractivity contribution in [1.82, 2.24) is 0 Å². The molecule has 154 valence electrons. The Bertz CT molecular complexity index is 615. The molecule has 2 nitrogen and oxygen atoms in total. The molecule has 28 heavy (non-hydrogen) atoms. The molecule has 0 heterocycles. The lowest BCUT2D eigenvalue weighted by atomic mass is 9.97. The van der Waals surface area contributed by atoms with Crippen LogP contribution in [-0.2, 0) is 16.1 Å². The summed E-state index contributed by atoms with van der Waals surface area (Å²) in [7, 11) is 0. The quantitative estimate of drug-likeness (QED) is 0.397. The molecule has 2 aromatic rings. The van der Waals surface area contributed by atoms with Crippen LogP contribution in [0.15, 0.2) is 60.7 Å². The molecule has 0 aromatic heterocycles. The van der Waals surface area contributed by atoms with Gasteiger partial charge in [-0.05, 0) is 36.3 Å². The number of hydrogen-bond donors (Lipinski definition) is 0. The van der Waals surface area contributed by atoms with Crippen LogP contribution in [0, 0.1) is 5.92 Å². The Morgan fingerprint density at radius 3 is 1.79 bits per heavy atom. The molecule has 0 saturated heterocycles. The second-order valence-corrected chi connectivity index (χ2v) is 7.47. The fraction of sp³-hybridized carbons (Fsp3) is 0.500. The molecule has 2 heteroatoms. The molecule has 0 aliphatic rings. The smallest absolute Gasteiger partial charge is 0.309 e. The van der Waals surface area contributed by atoms with Crippen molar-refractivity contribution in [3.63, 3.8) is 0 Å². The molecular formula is C26H38O2. The van der Waals surface area contributed by atoms with E-state index in [1.165, 1.54) is 18.4 Å². The van der Waals surface area contributed by atoms with Crippen LogP contribution in [-0.4, -0.2) is 5.97 Å². The molecule has 1 atom stereocenters. The third-order valence-electron chi connectivity index (χ3n) is 4.92. The van der Waals surface area contributed by atoms with Gasteiger partial charge in [0.25, 0.3) is 0 Å². The Hall–Kier alpha value is -2.09. The van der Waals surface area contributed by atoms with E-state index in [-0.39, 0.29) is 11.9 Å². The van der Waals surface area contributed by atoms with Crippen LogP contribution in [0.3, 0.4) is 0 Å². The third kappa shape index (κ3) is 9.73. The lowest BCUT2D eigenvalue weighted by Crippen LogP contribution is -2.17. The number of carbonyl (C=O) groups is 1. The van der Waals surface area contributed by atoms with Crippen LogP contribution < -0.4 is 0 Å². The summed E-state index contributed by atoms with van der Waals surface area (Å²) in [5.74, 6) is 0.757. The molecule has 0 bridgehead atoms. The van der Waals surface area contributed by atoms with Gasteiger partial charge in [-0.25, -0.2) is 0 Å². The summed E-state index contributed by atoms with van der Waals surface area (Å²) < 4.78 is 5.36. The first-order valence-electron chi connectivity index (χ1n) is 10.9. The summed E-state index contributed by atoms with van der Waals surface area (Å²) in [6.45, 7) is 9.13. The van der Waals surface area contributed by atoms with Gasteiger partial charge in [-0.1, -0.05) is 108 Å². The minimum Gasteiger partial charge on any atom is -0.461 e.